The lowest BCUT2D eigenvalue weighted by Gasteiger charge is -2.22. The van der Waals surface area contributed by atoms with Crippen LogP contribution < -0.4 is 9.47 Å². The van der Waals surface area contributed by atoms with Gasteiger partial charge in [-0.3, -0.25) is 0 Å². The number of nitrogens with zero attached hydrogens (tertiary/aromatic N) is 2. The van der Waals surface area contributed by atoms with Crippen molar-refractivity contribution in [2.75, 3.05) is 14.2 Å². The van der Waals surface area contributed by atoms with Crippen molar-refractivity contribution in [1.82, 2.24) is 4.57 Å². The standard InChI is InChI=1S/C17H18N2O2/c1-10-11(2)19-6-5-12-7-15(20-3)16(21-4)8-13(12)17(19)14(10)9-18/h7-8H,5-6H2,1-4H3. The summed E-state index contributed by atoms with van der Waals surface area (Å²) in [5.41, 5.74) is 6.29. The van der Waals surface area contributed by atoms with E-state index in [1.807, 2.05) is 19.1 Å². The fraction of sp³-hybridized carbons (Fsp3) is 0.353. The van der Waals surface area contributed by atoms with Gasteiger partial charge in [-0.15, -0.1) is 0 Å². The summed E-state index contributed by atoms with van der Waals surface area (Å²) in [6.45, 7) is 4.98. The second-order valence-corrected chi connectivity index (χ2v) is 5.31. The maximum Gasteiger partial charge on any atom is 0.161 e. The molecule has 3 rings (SSSR count). The van der Waals surface area contributed by atoms with Crippen molar-refractivity contribution in [1.29, 1.82) is 5.26 Å². The van der Waals surface area contributed by atoms with E-state index in [-0.39, 0.29) is 0 Å². The molecule has 0 N–H and O–H groups in total. The van der Waals surface area contributed by atoms with Crippen LogP contribution in [0.15, 0.2) is 12.1 Å². The van der Waals surface area contributed by atoms with Gasteiger partial charge in [0.25, 0.3) is 0 Å². The molecule has 4 heteroatoms. The molecule has 2 aromatic rings. The van der Waals surface area contributed by atoms with Crippen LogP contribution in [0.25, 0.3) is 11.3 Å². The molecule has 0 amide bonds. The van der Waals surface area contributed by atoms with Crippen molar-refractivity contribution in [3.63, 3.8) is 0 Å². The summed E-state index contributed by atoms with van der Waals surface area (Å²) in [4.78, 5) is 0. The van der Waals surface area contributed by atoms with Gasteiger partial charge in [0.2, 0.25) is 0 Å². The van der Waals surface area contributed by atoms with Crippen molar-refractivity contribution >= 4 is 0 Å². The quantitative estimate of drug-likeness (QED) is 0.849. The third-order valence-electron chi connectivity index (χ3n) is 4.41. The summed E-state index contributed by atoms with van der Waals surface area (Å²) < 4.78 is 13.0. The molecule has 1 aromatic carbocycles. The van der Waals surface area contributed by atoms with Crippen LogP contribution >= 0.6 is 0 Å². The fourth-order valence-corrected chi connectivity index (χ4v) is 3.14. The van der Waals surface area contributed by atoms with Crippen molar-refractivity contribution in [3.8, 4) is 28.8 Å². The second kappa shape index (κ2) is 4.85. The summed E-state index contributed by atoms with van der Waals surface area (Å²) in [7, 11) is 3.28. The molecule has 0 radical (unpaired) electrons. The van der Waals surface area contributed by atoms with E-state index in [1.54, 1.807) is 14.2 Å². The zero-order chi connectivity index (χ0) is 15.1. The van der Waals surface area contributed by atoms with E-state index in [1.165, 1.54) is 11.3 Å². The molecule has 108 valence electrons. The molecule has 1 aromatic heterocycles. The van der Waals surface area contributed by atoms with Crippen LogP contribution in [0.3, 0.4) is 0 Å². The van der Waals surface area contributed by atoms with Gasteiger partial charge in [-0.2, -0.15) is 5.26 Å². The second-order valence-electron chi connectivity index (χ2n) is 5.31. The monoisotopic (exact) mass is 282 g/mol. The molecule has 21 heavy (non-hydrogen) atoms. The summed E-state index contributed by atoms with van der Waals surface area (Å²) in [5.74, 6) is 1.44. The Labute approximate surface area is 124 Å². The average Bonchev–Trinajstić information content (AvgIpc) is 2.77. The molecule has 0 unspecified atom stereocenters. The third kappa shape index (κ3) is 1.81. The topological polar surface area (TPSA) is 47.2 Å². The minimum absolute atomic E-state index is 0.699. The Morgan fingerprint density at radius 1 is 1.14 bits per heavy atom. The largest absolute Gasteiger partial charge is 0.493 e. The first-order chi connectivity index (χ1) is 10.1. The number of nitriles is 1. The third-order valence-corrected chi connectivity index (χ3v) is 4.41. The van der Waals surface area contributed by atoms with Crippen LogP contribution in [0.1, 0.15) is 22.4 Å². The Kier molecular flexibility index (Phi) is 3.13. The lowest BCUT2D eigenvalue weighted by Crippen LogP contribution is -2.12. The lowest BCUT2D eigenvalue weighted by atomic mass is 9.95. The number of aromatic nitrogens is 1. The highest BCUT2D eigenvalue weighted by atomic mass is 16.5. The fourth-order valence-electron chi connectivity index (χ4n) is 3.14. The molecule has 0 atom stereocenters. The zero-order valence-electron chi connectivity index (χ0n) is 12.8. The molecule has 0 saturated heterocycles. The van der Waals surface area contributed by atoms with Crippen LogP contribution in [-0.2, 0) is 13.0 Å². The van der Waals surface area contributed by atoms with E-state index in [4.69, 9.17) is 9.47 Å². The van der Waals surface area contributed by atoms with Crippen molar-refractivity contribution < 1.29 is 9.47 Å². The molecular formula is C17H18N2O2. The van der Waals surface area contributed by atoms with Crippen LogP contribution in [0.2, 0.25) is 0 Å². The summed E-state index contributed by atoms with van der Waals surface area (Å²) in [6.07, 6.45) is 0.933. The summed E-state index contributed by atoms with van der Waals surface area (Å²) >= 11 is 0. The number of hydrogen-bond acceptors (Lipinski definition) is 3. The Morgan fingerprint density at radius 3 is 2.43 bits per heavy atom. The van der Waals surface area contributed by atoms with Crippen LogP contribution in [0, 0.1) is 25.2 Å². The van der Waals surface area contributed by atoms with Gasteiger partial charge in [0.1, 0.15) is 6.07 Å². The van der Waals surface area contributed by atoms with E-state index in [9.17, 15) is 5.26 Å². The van der Waals surface area contributed by atoms with Crippen molar-refractivity contribution in [3.05, 3.63) is 34.5 Å². The normalized spacial score (nSPS) is 12.3. The minimum atomic E-state index is 0.699. The molecule has 1 aliphatic rings. The van der Waals surface area contributed by atoms with E-state index in [0.29, 0.717) is 5.75 Å². The maximum atomic E-state index is 9.52. The molecule has 4 nitrogen and oxygen atoms in total. The maximum absolute atomic E-state index is 9.52. The molecule has 0 saturated carbocycles. The first-order valence-electron chi connectivity index (χ1n) is 6.97. The van der Waals surface area contributed by atoms with E-state index >= 15 is 0 Å². The highest BCUT2D eigenvalue weighted by Crippen LogP contribution is 2.41. The molecule has 0 bridgehead atoms. The molecule has 0 aliphatic carbocycles. The highest BCUT2D eigenvalue weighted by molar-refractivity contribution is 5.77. The first kappa shape index (κ1) is 13.6. The summed E-state index contributed by atoms with van der Waals surface area (Å²) in [6, 6.07) is 6.37. The van der Waals surface area contributed by atoms with Gasteiger partial charge in [-0.25, -0.2) is 0 Å². The SMILES string of the molecule is COc1cc2c(cc1OC)-c1c(C#N)c(C)c(C)n1CC2. The number of ether oxygens (including phenoxy) is 2. The molecule has 0 fully saturated rings. The van der Waals surface area contributed by atoms with Gasteiger partial charge in [-0.05, 0) is 43.5 Å². The van der Waals surface area contributed by atoms with E-state index < -0.39 is 0 Å². The van der Waals surface area contributed by atoms with Crippen molar-refractivity contribution in [2.45, 2.75) is 26.8 Å². The Bertz CT molecular complexity index is 766. The van der Waals surface area contributed by atoms with Gasteiger partial charge >= 0.3 is 0 Å². The Hall–Kier alpha value is -2.41. The molecule has 0 spiro atoms. The number of rotatable bonds is 2. The zero-order valence-corrected chi connectivity index (χ0v) is 12.8. The molecule has 1 aliphatic heterocycles. The van der Waals surface area contributed by atoms with E-state index in [0.717, 1.165) is 41.1 Å². The van der Waals surface area contributed by atoms with Crippen molar-refractivity contribution in [2.24, 2.45) is 0 Å². The molecule has 2 heterocycles. The first-order valence-corrected chi connectivity index (χ1v) is 6.97. The van der Waals surface area contributed by atoms with Crippen LogP contribution in [-0.4, -0.2) is 18.8 Å². The number of fused-ring (bicyclic) bond motifs is 3. The van der Waals surface area contributed by atoms with E-state index in [2.05, 4.69) is 17.6 Å². The van der Waals surface area contributed by atoms with Gasteiger partial charge in [0.15, 0.2) is 11.5 Å². The average molecular weight is 282 g/mol. The van der Waals surface area contributed by atoms with Gasteiger partial charge in [0, 0.05) is 17.8 Å². The van der Waals surface area contributed by atoms with Gasteiger partial charge < -0.3 is 14.0 Å². The van der Waals surface area contributed by atoms with Gasteiger partial charge in [0.05, 0.1) is 25.5 Å². The number of methoxy groups -OCH3 is 2. The Morgan fingerprint density at radius 2 is 1.81 bits per heavy atom. The van der Waals surface area contributed by atoms with Crippen LogP contribution in [0.5, 0.6) is 11.5 Å². The van der Waals surface area contributed by atoms with Crippen LogP contribution in [0.4, 0.5) is 0 Å². The summed E-state index contributed by atoms with van der Waals surface area (Å²) in [5, 5.41) is 9.52. The highest BCUT2D eigenvalue weighted by Gasteiger charge is 2.26. The molecular weight excluding hydrogens is 264 g/mol. The minimum Gasteiger partial charge on any atom is -0.493 e. The lowest BCUT2D eigenvalue weighted by molar-refractivity contribution is 0.354. The smallest absolute Gasteiger partial charge is 0.161 e. The van der Waals surface area contributed by atoms with Gasteiger partial charge in [-0.1, -0.05) is 0 Å². The Balaban J connectivity index is 2.32. The number of benzene rings is 1. The predicted molar refractivity (Wildman–Crippen MR) is 80.9 cm³/mol. The number of hydrogen-bond donors (Lipinski definition) is 0. The predicted octanol–water partition coefficient (Wildman–Crippen LogP) is 3.22. The number of aryl methyl sites for hydroxylation is 1.